The second-order valence-corrected chi connectivity index (χ2v) is 4.87. The van der Waals surface area contributed by atoms with Gasteiger partial charge in [0.2, 0.25) is 0 Å². The fraction of sp³-hybridized carbons (Fsp3) is 0.357. The molecule has 1 N–H and O–H groups in total. The van der Waals surface area contributed by atoms with E-state index < -0.39 is 5.97 Å². The summed E-state index contributed by atoms with van der Waals surface area (Å²) >= 11 is 0. The Balaban J connectivity index is 3.19. The highest BCUT2D eigenvalue weighted by Gasteiger charge is 2.19. The van der Waals surface area contributed by atoms with Crippen LogP contribution in [0.2, 0.25) is 0 Å². The summed E-state index contributed by atoms with van der Waals surface area (Å²) in [6.45, 7) is 5.98. The van der Waals surface area contributed by atoms with Crippen LogP contribution in [0.1, 0.15) is 26.3 Å². The number of carboxylic acids is 1. The molecule has 3 heteroatoms. The molecule has 0 aromatic heterocycles. The lowest BCUT2D eigenvalue weighted by molar-refractivity contribution is -0.131. The molecule has 17 heavy (non-hydrogen) atoms. The van der Waals surface area contributed by atoms with Crippen LogP contribution >= 0.6 is 0 Å². The topological polar surface area (TPSA) is 46.5 Å². The third kappa shape index (κ3) is 3.63. The van der Waals surface area contributed by atoms with Crippen molar-refractivity contribution in [3.63, 3.8) is 0 Å². The Morgan fingerprint density at radius 3 is 2.12 bits per heavy atom. The van der Waals surface area contributed by atoms with Crippen LogP contribution in [0.3, 0.4) is 0 Å². The maximum Gasteiger partial charge on any atom is 0.328 e. The van der Waals surface area contributed by atoms with Crippen molar-refractivity contribution in [1.29, 1.82) is 0 Å². The van der Waals surface area contributed by atoms with E-state index in [9.17, 15) is 4.79 Å². The summed E-state index contributed by atoms with van der Waals surface area (Å²) in [5, 5.41) is 8.91. The van der Waals surface area contributed by atoms with Crippen LogP contribution in [0.15, 0.2) is 30.3 Å². The summed E-state index contributed by atoms with van der Waals surface area (Å²) < 4.78 is 5.08. The summed E-state index contributed by atoms with van der Waals surface area (Å²) in [6.07, 6.45) is 1.27. The van der Waals surface area contributed by atoms with Gasteiger partial charge in [0.1, 0.15) is 5.75 Å². The predicted molar refractivity (Wildman–Crippen MR) is 68.1 cm³/mol. The first-order chi connectivity index (χ1) is 7.84. The number of methoxy groups -OCH3 is 1. The van der Waals surface area contributed by atoms with Crippen LogP contribution in [-0.2, 0) is 4.79 Å². The first kappa shape index (κ1) is 13.3. The molecule has 0 saturated heterocycles. The number of carbonyl (C=O) groups is 1. The Bertz CT molecular complexity index is 422. The van der Waals surface area contributed by atoms with Crippen molar-refractivity contribution in [3.8, 4) is 5.75 Å². The second-order valence-electron chi connectivity index (χ2n) is 4.87. The SMILES string of the molecule is COc1ccc(/C(=C\C(=O)O)C(C)(C)C)cc1. The molecule has 0 amide bonds. The van der Waals surface area contributed by atoms with Crippen molar-refractivity contribution in [2.45, 2.75) is 20.8 Å². The molecule has 0 aliphatic rings. The van der Waals surface area contributed by atoms with Gasteiger partial charge >= 0.3 is 5.97 Å². The molecule has 0 atom stereocenters. The van der Waals surface area contributed by atoms with E-state index in [2.05, 4.69) is 0 Å². The molecule has 0 heterocycles. The van der Waals surface area contributed by atoms with Crippen LogP contribution < -0.4 is 4.74 Å². The van der Waals surface area contributed by atoms with Gasteiger partial charge in [-0.2, -0.15) is 0 Å². The van der Waals surface area contributed by atoms with Crippen molar-refractivity contribution in [2.75, 3.05) is 7.11 Å². The maximum absolute atomic E-state index is 10.9. The van der Waals surface area contributed by atoms with Gasteiger partial charge in [-0.25, -0.2) is 4.79 Å². The van der Waals surface area contributed by atoms with Crippen LogP contribution in [0.4, 0.5) is 0 Å². The van der Waals surface area contributed by atoms with Gasteiger partial charge in [0.05, 0.1) is 7.11 Å². The molecular formula is C14H18O3. The zero-order chi connectivity index (χ0) is 13.1. The quantitative estimate of drug-likeness (QED) is 0.817. The third-order valence-corrected chi connectivity index (χ3v) is 2.48. The molecule has 0 aliphatic carbocycles. The Morgan fingerprint density at radius 1 is 1.24 bits per heavy atom. The van der Waals surface area contributed by atoms with E-state index in [4.69, 9.17) is 9.84 Å². The second kappa shape index (κ2) is 5.04. The molecule has 0 unspecified atom stereocenters. The van der Waals surface area contributed by atoms with Crippen molar-refractivity contribution >= 4 is 11.5 Å². The number of hydrogen-bond donors (Lipinski definition) is 1. The Kier molecular flexibility index (Phi) is 3.94. The average molecular weight is 234 g/mol. The molecule has 0 spiro atoms. The van der Waals surface area contributed by atoms with E-state index in [1.807, 2.05) is 45.0 Å². The number of hydrogen-bond acceptors (Lipinski definition) is 2. The molecule has 0 bridgehead atoms. The van der Waals surface area contributed by atoms with E-state index in [0.29, 0.717) is 0 Å². The van der Waals surface area contributed by atoms with Gasteiger partial charge in [-0.3, -0.25) is 0 Å². The van der Waals surface area contributed by atoms with Gasteiger partial charge in [0, 0.05) is 6.08 Å². The predicted octanol–water partition coefficient (Wildman–Crippen LogP) is 3.21. The maximum atomic E-state index is 10.9. The fourth-order valence-electron chi connectivity index (χ4n) is 1.63. The summed E-state index contributed by atoms with van der Waals surface area (Å²) in [5.41, 5.74) is 1.49. The summed E-state index contributed by atoms with van der Waals surface area (Å²) in [5.74, 6) is -0.164. The van der Waals surface area contributed by atoms with Crippen molar-refractivity contribution in [3.05, 3.63) is 35.9 Å². The number of ether oxygens (including phenoxy) is 1. The third-order valence-electron chi connectivity index (χ3n) is 2.48. The van der Waals surface area contributed by atoms with Crippen LogP contribution in [0, 0.1) is 5.41 Å². The fourth-order valence-corrected chi connectivity index (χ4v) is 1.63. The Hall–Kier alpha value is -1.77. The number of carboxylic acid groups (broad SMARTS) is 1. The van der Waals surface area contributed by atoms with E-state index >= 15 is 0 Å². The minimum Gasteiger partial charge on any atom is -0.497 e. The van der Waals surface area contributed by atoms with E-state index in [0.717, 1.165) is 16.9 Å². The summed E-state index contributed by atoms with van der Waals surface area (Å²) in [7, 11) is 1.60. The van der Waals surface area contributed by atoms with Crippen molar-refractivity contribution in [2.24, 2.45) is 5.41 Å². The summed E-state index contributed by atoms with van der Waals surface area (Å²) in [6, 6.07) is 7.41. The lowest BCUT2D eigenvalue weighted by Crippen LogP contribution is -2.10. The monoisotopic (exact) mass is 234 g/mol. The molecule has 1 aromatic carbocycles. The first-order valence-electron chi connectivity index (χ1n) is 5.44. The molecule has 0 saturated carbocycles. The number of benzene rings is 1. The summed E-state index contributed by atoms with van der Waals surface area (Å²) in [4.78, 5) is 10.9. The number of rotatable bonds is 3. The van der Waals surface area contributed by atoms with E-state index in [1.165, 1.54) is 6.08 Å². The van der Waals surface area contributed by atoms with Gasteiger partial charge in [-0.1, -0.05) is 32.9 Å². The largest absolute Gasteiger partial charge is 0.497 e. The van der Waals surface area contributed by atoms with Crippen LogP contribution in [-0.4, -0.2) is 18.2 Å². The lowest BCUT2D eigenvalue weighted by Gasteiger charge is -2.23. The minimum absolute atomic E-state index is 0.215. The van der Waals surface area contributed by atoms with Gasteiger partial charge in [0.15, 0.2) is 0 Å². The van der Waals surface area contributed by atoms with Crippen LogP contribution in [0.25, 0.3) is 5.57 Å². The van der Waals surface area contributed by atoms with Gasteiger partial charge in [-0.05, 0) is 28.7 Å². The van der Waals surface area contributed by atoms with Crippen LogP contribution in [0.5, 0.6) is 5.75 Å². The minimum atomic E-state index is -0.925. The van der Waals surface area contributed by atoms with E-state index in [-0.39, 0.29) is 5.41 Å². The van der Waals surface area contributed by atoms with Crippen molar-refractivity contribution < 1.29 is 14.6 Å². The molecule has 0 fully saturated rings. The molecule has 3 nitrogen and oxygen atoms in total. The molecular weight excluding hydrogens is 216 g/mol. The number of allylic oxidation sites excluding steroid dienone is 1. The van der Waals surface area contributed by atoms with Gasteiger partial charge < -0.3 is 9.84 Å². The zero-order valence-corrected chi connectivity index (χ0v) is 10.7. The average Bonchev–Trinajstić information content (AvgIpc) is 2.24. The highest BCUT2D eigenvalue weighted by molar-refractivity contribution is 5.91. The number of aliphatic carboxylic acids is 1. The lowest BCUT2D eigenvalue weighted by atomic mass is 9.82. The molecule has 0 aliphatic heterocycles. The van der Waals surface area contributed by atoms with Crippen molar-refractivity contribution in [1.82, 2.24) is 0 Å². The zero-order valence-electron chi connectivity index (χ0n) is 10.7. The Labute approximate surface area is 102 Å². The molecule has 1 aromatic rings. The Morgan fingerprint density at radius 2 is 1.76 bits per heavy atom. The van der Waals surface area contributed by atoms with E-state index in [1.54, 1.807) is 7.11 Å². The molecule has 1 rings (SSSR count). The molecule has 92 valence electrons. The highest BCUT2D eigenvalue weighted by atomic mass is 16.5. The standard InChI is InChI=1S/C14H18O3/c1-14(2,3)12(9-13(15)16)10-5-7-11(17-4)8-6-10/h5-9H,1-4H3,(H,15,16)/b12-9+. The first-order valence-corrected chi connectivity index (χ1v) is 5.44. The smallest absolute Gasteiger partial charge is 0.328 e. The normalized spacial score (nSPS) is 12.4. The highest BCUT2D eigenvalue weighted by Crippen LogP contribution is 2.34. The van der Waals surface area contributed by atoms with Gasteiger partial charge in [-0.15, -0.1) is 0 Å². The molecule has 0 radical (unpaired) electrons. The van der Waals surface area contributed by atoms with Gasteiger partial charge in [0.25, 0.3) is 0 Å².